The second kappa shape index (κ2) is 7.84. The van der Waals surface area contributed by atoms with Crippen molar-refractivity contribution in [2.75, 3.05) is 9.96 Å². The number of hydroxylamine groups is 1. The minimum atomic E-state index is -0.983. The lowest BCUT2D eigenvalue weighted by Crippen LogP contribution is -2.37. The Labute approximate surface area is 193 Å². The first-order valence-electron chi connectivity index (χ1n) is 9.55. The number of anilines is 2. The topological polar surface area (TPSA) is 49.9 Å². The summed E-state index contributed by atoms with van der Waals surface area (Å²) < 4.78 is 0. The largest absolute Gasteiger partial charge is 0.273 e. The average Bonchev–Trinajstić information content (AvgIpc) is 3.27. The first-order valence-corrected chi connectivity index (χ1v) is 10.7. The van der Waals surface area contributed by atoms with Crippen molar-refractivity contribution in [1.82, 2.24) is 0 Å². The average molecular weight is 474 g/mol. The summed E-state index contributed by atoms with van der Waals surface area (Å²) in [5, 5.41) is 2.70. The van der Waals surface area contributed by atoms with E-state index in [9.17, 15) is 9.59 Å². The predicted molar refractivity (Wildman–Crippen MR) is 120 cm³/mol. The van der Waals surface area contributed by atoms with E-state index in [0.717, 1.165) is 10.6 Å². The second-order valence-corrected chi connectivity index (χ2v) is 8.51. The van der Waals surface area contributed by atoms with E-state index < -0.39 is 24.0 Å². The molecule has 2 fully saturated rings. The number of carbonyl (C=O) groups excluding carboxylic acids is 2. The molecule has 2 heterocycles. The number of amides is 2. The smallest absolute Gasteiger partial charge is 0.266 e. The number of fused-ring (bicyclic) bond motifs is 1. The summed E-state index contributed by atoms with van der Waals surface area (Å²) in [5.74, 6) is -1.61. The maximum absolute atomic E-state index is 13.5. The molecule has 0 saturated carbocycles. The van der Waals surface area contributed by atoms with Crippen LogP contribution >= 0.6 is 34.8 Å². The Morgan fingerprint density at radius 1 is 0.710 bits per heavy atom. The number of benzene rings is 3. The fourth-order valence-corrected chi connectivity index (χ4v) is 4.66. The summed E-state index contributed by atoms with van der Waals surface area (Å²) in [6.45, 7) is 0. The molecule has 8 heteroatoms. The molecule has 31 heavy (non-hydrogen) atoms. The summed E-state index contributed by atoms with van der Waals surface area (Å²) in [4.78, 5) is 34.0. The minimum Gasteiger partial charge on any atom is -0.273 e. The molecule has 0 aliphatic carbocycles. The van der Waals surface area contributed by atoms with E-state index in [1.54, 1.807) is 23.3 Å². The van der Waals surface area contributed by atoms with E-state index in [2.05, 4.69) is 0 Å². The van der Waals surface area contributed by atoms with Gasteiger partial charge in [-0.25, -0.2) is 9.96 Å². The molecule has 0 N–H and O–H groups in total. The minimum absolute atomic E-state index is 0.256. The standard InChI is InChI=1S/C23H15Cl3N2O3/c24-16-9-5-4-8-15(16)20-19-21(31-28(20)13-6-2-1-3-7-13)23(30)27(22(19)29)14-10-11-17(25)18(26)12-14/h1-12,19-21H/t19-,20+,21+/m0/s1. The Kier molecular flexibility index (Phi) is 5.15. The van der Waals surface area contributed by atoms with E-state index >= 15 is 0 Å². The number of rotatable bonds is 3. The first-order chi connectivity index (χ1) is 15.0. The quantitative estimate of drug-likeness (QED) is 0.458. The monoisotopic (exact) mass is 472 g/mol. The highest BCUT2D eigenvalue weighted by Gasteiger charge is 2.60. The lowest BCUT2D eigenvalue weighted by atomic mass is 9.90. The third-order valence-corrected chi connectivity index (χ3v) is 6.59. The molecule has 3 aromatic carbocycles. The van der Waals surface area contributed by atoms with Crippen molar-refractivity contribution in [3.63, 3.8) is 0 Å². The first kappa shape index (κ1) is 20.3. The molecule has 2 amide bonds. The van der Waals surface area contributed by atoms with Gasteiger partial charge in [0.05, 0.1) is 27.5 Å². The maximum atomic E-state index is 13.5. The Balaban J connectivity index is 1.60. The van der Waals surface area contributed by atoms with Gasteiger partial charge in [0.2, 0.25) is 5.91 Å². The number of imide groups is 1. The van der Waals surface area contributed by atoms with Crippen LogP contribution in [-0.2, 0) is 14.4 Å². The fraction of sp³-hybridized carbons (Fsp3) is 0.130. The molecule has 5 rings (SSSR count). The van der Waals surface area contributed by atoms with Crippen LogP contribution in [-0.4, -0.2) is 17.9 Å². The molecule has 5 nitrogen and oxygen atoms in total. The van der Waals surface area contributed by atoms with E-state index in [0.29, 0.717) is 21.3 Å². The van der Waals surface area contributed by atoms with Gasteiger partial charge in [0, 0.05) is 5.02 Å². The van der Waals surface area contributed by atoms with Crippen LogP contribution in [0.5, 0.6) is 0 Å². The highest BCUT2D eigenvalue weighted by molar-refractivity contribution is 6.42. The molecular formula is C23H15Cl3N2O3. The van der Waals surface area contributed by atoms with Gasteiger partial charge in [-0.15, -0.1) is 0 Å². The summed E-state index contributed by atoms with van der Waals surface area (Å²) in [6, 6.07) is 20.6. The molecule has 0 spiro atoms. The zero-order chi connectivity index (χ0) is 21.7. The molecular weight excluding hydrogens is 459 g/mol. The van der Waals surface area contributed by atoms with Crippen LogP contribution in [0, 0.1) is 5.92 Å². The SMILES string of the molecule is O=C1[C@H]2[C@@H](c3ccccc3Cl)N(c3ccccc3)O[C@H]2C(=O)N1c1ccc(Cl)c(Cl)c1. The maximum Gasteiger partial charge on any atom is 0.266 e. The molecule has 156 valence electrons. The molecule has 0 unspecified atom stereocenters. The number of hydrogen-bond acceptors (Lipinski definition) is 4. The van der Waals surface area contributed by atoms with Crippen molar-refractivity contribution in [2.45, 2.75) is 12.1 Å². The van der Waals surface area contributed by atoms with E-state index in [4.69, 9.17) is 39.6 Å². The van der Waals surface area contributed by atoms with Gasteiger partial charge in [-0.1, -0.05) is 71.2 Å². The molecule has 0 aromatic heterocycles. The Morgan fingerprint density at radius 2 is 1.42 bits per heavy atom. The van der Waals surface area contributed by atoms with Gasteiger partial charge < -0.3 is 0 Å². The van der Waals surface area contributed by atoms with Gasteiger partial charge in [-0.3, -0.25) is 14.4 Å². The molecule has 2 aliphatic heterocycles. The second-order valence-electron chi connectivity index (χ2n) is 7.29. The van der Waals surface area contributed by atoms with Gasteiger partial charge in [-0.05, 0) is 42.0 Å². The Morgan fingerprint density at radius 3 is 2.13 bits per heavy atom. The third kappa shape index (κ3) is 3.29. The molecule has 2 saturated heterocycles. The van der Waals surface area contributed by atoms with Crippen LogP contribution in [0.15, 0.2) is 72.8 Å². The van der Waals surface area contributed by atoms with Crippen molar-refractivity contribution in [2.24, 2.45) is 5.92 Å². The van der Waals surface area contributed by atoms with E-state index in [1.807, 2.05) is 48.5 Å². The summed E-state index contributed by atoms with van der Waals surface area (Å²) in [6.07, 6.45) is -0.983. The van der Waals surface area contributed by atoms with Gasteiger partial charge in [0.1, 0.15) is 5.92 Å². The van der Waals surface area contributed by atoms with E-state index in [1.165, 1.54) is 6.07 Å². The van der Waals surface area contributed by atoms with Crippen LogP contribution in [0.4, 0.5) is 11.4 Å². The molecule has 2 aliphatic rings. The highest BCUT2D eigenvalue weighted by Crippen LogP contribution is 2.49. The highest BCUT2D eigenvalue weighted by atomic mass is 35.5. The number of hydrogen-bond donors (Lipinski definition) is 0. The summed E-state index contributed by atoms with van der Waals surface area (Å²) in [5.41, 5.74) is 1.78. The fourth-order valence-electron chi connectivity index (χ4n) is 4.12. The van der Waals surface area contributed by atoms with Crippen LogP contribution in [0.1, 0.15) is 11.6 Å². The molecule has 0 radical (unpaired) electrons. The van der Waals surface area contributed by atoms with Crippen molar-refractivity contribution < 1.29 is 14.4 Å². The zero-order valence-corrected chi connectivity index (χ0v) is 18.2. The van der Waals surface area contributed by atoms with Crippen LogP contribution in [0.3, 0.4) is 0 Å². The normalized spacial score (nSPS) is 22.9. The van der Waals surface area contributed by atoms with Gasteiger partial charge in [-0.2, -0.15) is 0 Å². The third-order valence-electron chi connectivity index (χ3n) is 5.51. The summed E-state index contributed by atoms with van der Waals surface area (Å²) in [7, 11) is 0. The predicted octanol–water partition coefficient (Wildman–Crippen LogP) is 5.70. The Bertz CT molecular complexity index is 1190. The molecule has 0 bridgehead atoms. The van der Waals surface area contributed by atoms with Gasteiger partial charge in [0.25, 0.3) is 5.91 Å². The van der Waals surface area contributed by atoms with Crippen molar-refractivity contribution in [3.8, 4) is 0 Å². The lowest BCUT2D eigenvalue weighted by molar-refractivity contribution is -0.126. The van der Waals surface area contributed by atoms with E-state index in [-0.39, 0.29) is 10.9 Å². The number of para-hydroxylation sites is 1. The number of halogens is 3. The lowest BCUT2D eigenvalue weighted by Gasteiger charge is -2.29. The Hall–Kier alpha value is -2.57. The van der Waals surface area contributed by atoms with Crippen LogP contribution in [0.2, 0.25) is 15.1 Å². The number of nitrogens with zero attached hydrogens (tertiary/aromatic N) is 2. The zero-order valence-electron chi connectivity index (χ0n) is 15.9. The van der Waals surface area contributed by atoms with Crippen LogP contribution in [0.25, 0.3) is 0 Å². The summed E-state index contributed by atoms with van der Waals surface area (Å²) >= 11 is 18.6. The van der Waals surface area contributed by atoms with Crippen molar-refractivity contribution in [3.05, 3.63) is 93.4 Å². The van der Waals surface area contributed by atoms with Crippen molar-refractivity contribution >= 4 is 58.0 Å². The van der Waals surface area contributed by atoms with Gasteiger partial charge >= 0.3 is 0 Å². The van der Waals surface area contributed by atoms with Crippen LogP contribution < -0.4 is 9.96 Å². The van der Waals surface area contributed by atoms with Crippen molar-refractivity contribution in [1.29, 1.82) is 0 Å². The number of carbonyl (C=O) groups is 2. The molecule has 3 aromatic rings. The van der Waals surface area contributed by atoms with Gasteiger partial charge in [0.15, 0.2) is 6.10 Å². The molecule has 3 atom stereocenters.